The van der Waals surface area contributed by atoms with Crippen LogP contribution in [0.1, 0.15) is 25.5 Å². The normalized spacial score (nSPS) is 13.5. The molecule has 0 heterocycles. The van der Waals surface area contributed by atoms with Crippen LogP contribution in [-0.2, 0) is 0 Å². The first-order valence-corrected chi connectivity index (χ1v) is 6.03. The van der Waals surface area contributed by atoms with E-state index in [9.17, 15) is 0 Å². The Kier molecular flexibility index (Phi) is 4.77. The first-order chi connectivity index (χ1) is 7.07. The van der Waals surface area contributed by atoms with Crippen LogP contribution in [0.15, 0.2) is 28.7 Å². The lowest BCUT2D eigenvalue weighted by Gasteiger charge is -2.31. The lowest BCUT2D eigenvalue weighted by atomic mass is 10.0. The highest BCUT2D eigenvalue weighted by atomic mass is 79.9. The second-order valence-corrected chi connectivity index (χ2v) is 4.89. The van der Waals surface area contributed by atoms with Crippen molar-refractivity contribution in [1.82, 2.24) is 4.90 Å². The van der Waals surface area contributed by atoms with Crippen LogP contribution >= 0.6 is 15.9 Å². The zero-order chi connectivity index (χ0) is 11.4. The van der Waals surface area contributed by atoms with Gasteiger partial charge in [0.15, 0.2) is 0 Å². The molecule has 1 atom stereocenters. The van der Waals surface area contributed by atoms with Crippen LogP contribution < -0.4 is 5.73 Å². The van der Waals surface area contributed by atoms with Crippen LogP contribution in [0.4, 0.5) is 0 Å². The molecule has 1 unspecified atom stereocenters. The molecular formula is C12H19BrN2. The molecule has 0 fully saturated rings. The molecule has 3 heteroatoms. The molecule has 2 nitrogen and oxygen atoms in total. The molecule has 0 aliphatic heterocycles. The van der Waals surface area contributed by atoms with Crippen molar-refractivity contribution >= 4 is 15.9 Å². The second kappa shape index (κ2) is 5.64. The molecular weight excluding hydrogens is 252 g/mol. The van der Waals surface area contributed by atoms with Gasteiger partial charge in [-0.25, -0.2) is 0 Å². The predicted octanol–water partition coefficient (Wildman–Crippen LogP) is 2.79. The van der Waals surface area contributed by atoms with Crippen molar-refractivity contribution in [1.29, 1.82) is 0 Å². The predicted molar refractivity (Wildman–Crippen MR) is 68.8 cm³/mol. The Morgan fingerprint density at radius 3 is 2.40 bits per heavy atom. The summed E-state index contributed by atoms with van der Waals surface area (Å²) in [7, 11) is 2.11. The van der Waals surface area contributed by atoms with Gasteiger partial charge in [0, 0.05) is 23.1 Å². The third-order valence-corrected chi connectivity index (χ3v) is 3.52. The van der Waals surface area contributed by atoms with Crippen LogP contribution in [0.5, 0.6) is 0 Å². The maximum absolute atomic E-state index is 5.85. The summed E-state index contributed by atoms with van der Waals surface area (Å²) in [6.45, 7) is 5.00. The highest BCUT2D eigenvalue weighted by Crippen LogP contribution is 2.27. The summed E-state index contributed by atoms with van der Waals surface area (Å²) in [6, 6.07) is 9.03. The zero-order valence-electron chi connectivity index (χ0n) is 9.57. The lowest BCUT2D eigenvalue weighted by molar-refractivity contribution is 0.200. The maximum atomic E-state index is 5.85. The Balaban J connectivity index is 2.97. The second-order valence-electron chi connectivity index (χ2n) is 4.03. The smallest absolute Gasteiger partial charge is 0.0481 e. The molecule has 0 saturated heterocycles. The van der Waals surface area contributed by atoms with Crippen molar-refractivity contribution < 1.29 is 0 Å². The van der Waals surface area contributed by atoms with Gasteiger partial charge in [-0.05, 0) is 32.5 Å². The molecule has 0 radical (unpaired) electrons. The zero-order valence-corrected chi connectivity index (χ0v) is 11.2. The van der Waals surface area contributed by atoms with Crippen LogP contribution in [-0.4, -0.2) is 24.5 Å². The van der Waals surface area contributed by atoms with Gasteiger partial charge in [0.05, 0.1) is 0 Å². The van der Waals surface area contributed by atoms with E-state index in [2.05, 4.69) is 59.9 Å². The molecule has 0 saturated carbocycles. The van der Waals surface area contributed by atoms with Crippen molar-refractivity contribution in [3.63, 3.8) is 0 Å². The van der Waals surface area contributed by atoms with E-state index in [1.807, 2.05) is 6.07 Å². The molecule has 0 aliphatic carbocycles. The quantitative estimate of drug-likeness (QED) is 0.912. The Morgan fingerprint density at radius 1 is 1.33 bits per heavy atom. The summed E-state index contributed by atoms with van der Waals surface area (Å²) in [5.74, 6) is 0. The van der Waals surface area contributed by atoms with E-state index in [4.69, 9.17) is 5.73 Å². The van der Waals surface area contributed by atoms with E-state index in [1.165, 1.54) is 5.56 Å². The summed E-state index contributed by atoms with van der Waals surface area (Å²) in [4.78, 5) is 2.29. The monoisotopic (exact) mass is 270 g/mol. The fourth-order valence-corrected chi connectivity index (χ4v) is 2.17. The summed E-state index contributed by atoms with van der Waals surface area (Å²) in [6.07, 6.45) is 0. The Hall–Kier alpha value is -0.380. The average molecular weight is 271 g/mol. The first kappa shape index (κ1) is 12.7. The van der Waals surface area contributed by atoms with Gasteiger partial charge in [0.25, 0.3) is 0 Å². The van der Waals surface area contributed by atoms with E-state index >= 15 is 0 Å². The van der Waals surface area contributed by atoms with E-state index < -0.39 is 0 Å². The maximum Gasteiger partial charge on any atom is 0.0481 e. The summed E-state index contributed by atoms with van der Waals surface area (Å²) in [5, 5.41) is 0. The average Bonchev–Trinajstić information content (AvgIpc) is 2.21. The van der Waals surface area contributed by atoms with Gasteiger partial charge in [-0.3, -0.25) is 4.90 Å². The standard InChI is InChI=1S/C12H19BrN2/c1-9(2)15(3)12(8-14)10-6-4-5-7-11(10)13/h4-7,9,12H,8,14H2,1-3H3. The molecule has 1 aromatic rings. The SMILES string of the molecule is CC(C)N(C)C(CN)c1ccccc1Br. The Bertz CT molecular complexity index is 312. The van der Waals surface area contributed by atoms with Gasteiger partial charge in [-0.15, -0.1) is 0 Å². The van der Waals surface area contributed by atoms with Crippen molar-refractivity contribution in [2.45, 2.75) is 25.9 Å². The summed E-state index contributed by atoms with van der Waals surface area (Å²) >= 11 is 3.57. The molecule has 0 bridgehead atoms. The number of hydrogen-bond donors (Lipinski definition) is 1. The van der Waals surface area contributed by atoms with Crippen molar-refractivity contribution in [2.75, 3.05) is 13.6 Å². The van der Waals surface area contributed by atoms with Gasteiger partial charge >= 0.3 is 0 Å². The summed E-state index contributed by atoms with van der Waals surface area (Å²) < 4.78 is 1.13. The minimum atomic E-state index is 0.278. The third kappa shape index (κ3) is 3.03. The fourth-order valence-electron chi connectivity index (χ4n) is 1.62. The van der Waals surface area contributed by atoms with Crippen molar-refractivity contribution in [2.24, 2.45) is 5.73 Å². The highest BCUT2D eigenvalue weighted by Gasteiger charge is 2.19. The first-order valence-electron chi connectivity index (χ1n) is 5.24. The number of nitrogens with two attached hydrogens (primary N) is 1. The summed E-state index contributed by atoms with van der Waals surface area (Å²) in [5.41, 5.74) is 7.11. The number of benzene rings is 1. The largest absolute Gasteiger partial charge is 0.329 e. The van der Waals surface area contributed by atoms with Gasteiger partial charge < -0.3 is 5.73 Å². The molecule has 1 rings (SSSR count). The molecule has 2 N–H and O–H groups in total. The van der Waals surface area contributed by atoms with Gasteiger partial charge in [-0.1, -0.05) is 34.1 Å². The van der Waals surface area contributed by atoms with E-state index in [0.29, 0.717) is 12.6 Å². The van der Waals surface area contributed by atoms with Gasteiger partial charge in [-0.2, -0.15) is 0 Å². The molecule has 0 aliphatic rings. The molecule has 1 aromatic carbocycles. The van der Waals surface area contributed by atoms with Gasteiger partial charge in [0.2, 0.25) is 0 Å². The third-order valence-electron chi connectivity index (χ3n) is 2.79. The fraction of sp³-hybridized carbons (Fsp3) is 0.500. The lowest BCUT2D eigenvalue weighted by Crippen LogP contribution is -2.35. The van der Waals surface area contributed by atoms with Crippen LogP contribution in [0.25, 0.3) is 0 Å². The minimum absolute atomic E-state index is 0.278. The number of halogens is 1. The highest BCUT2D eigenvalue weighted by molar-refractivity contribution is 9.10. The Morgan fingerprint density at radius 2 is 1.93 bits per heavy atom. The molecule has 15 heavy (non-hydrogen) atoms. The topological polar surface area (TPSA) is 29.3 Å². The number of rotatable bonds is 4. The van der Waals surface area contributed by atoms with Crippen molar-refractivity contribution in [3.8, 4) is 0 Å². The van der Waals surface area contributed by atoms with Crippen LogP contribution in [0.3, 0.4) is 0 Å². The molecule has 0 amide bonds. The van der Waals surface area contributed by atoms with Crippen molar-refractivity contribution in [3.05, 3.63) is 34.3 Å². The van der Waals surface area contributed by atoms with E-state index in [1.54, 1.807) is 0 Å². The van der Waals surface area contributed by atoms with E-state index in [0.717, 1.165) is 4.47 Å². The molecule has 0 spiro atoms. The van der Waals surface area contributed by atoms with E-state index in [-0.39, 0.29) is 6.04 Å². The van der Waals surface area contributed by atoms with Gasteiger partial charge in [0.1, 0.15) is 0 Å². The molecule has 84 valence electrons. The number of nitrogens with zero attached hydrogens (tertiary/aromatic N) is 1. The minimum Gasteiger partial charge on any atom is -0.329 e. The Labute approximate surface area is 101 Å². The molecule has 0 aromatic heterocycles. The number of likely N-dealkylation sites (N-methyl/N-ethyl adjacent to an activating group) is 1. The van der Waals surface area contributed by atoms with Crippen LogP contribution in [0.2, 0.25) is 0 Å². The number of hydrogen-bond acceptors (Lipinski definition) is 2. The van der Waals surface area contributed by atoms with Crippen LogP contribution in [0, 0.1) is 0 Å².